The van der Waals surface area contributed by atoms with Crippen molar-refractivity contribution in [3.8, 4) is 0 Å². The number of nitrogens with one attached hydrogen (secondary N) is 1. The summed E-state index contributed by atoms with van der Waals surface area (Å²) in [6.07, 6.45) is 0. The highest BCUT2D eigenvalue weighted by atomic mass is 32.2. The molecule has 1 N–H and O–H groups in total. The number of aryl methyl sites for hydroxylation is 2. The minimum atomic E-state index is -3.80. The van der Waals surface area contributed by atoms with Crippen LogP contribution >= 0.6 is 0 Å². The van der Waals surface area contributed by atoms with E-state index in [9.17, 15) is 13.2 Å². The van der Waals surface area contributed by atoms with Crippen LogP contribution in [0.3, 0.4) is 0 Å². The van der Waals surface area contributed by atoms with Gasteiger partial charge in [-0.15, -0.1) is 0 Å². The molecule has 27 heavy (non-hydrogen) atoms. The highest BCUT2D eigenvalue weighted by Crippen LogP contribution is 2.26. The number of hydrogen-bond donors (Lipinski definition) is 1. The summed E-state index contributed by atoms with van der Waals surface area (Å²) in [6.45, 7) is 7.78. The molecule has 0 fully saturated rings. The van der Waals surface area contributed by atoms with Gasteiger partial charge < -0.3 is 9.32 Å². The third-order valence-electron chi connectivity index (χ3n) is 4.66. The van der Waals surface area contributed by atoms with Gasteiger partial charge in [0.2, 0.25) is 0 Å². The number of oxazole rings is 1. The Hall–Kier alpha value is -2.74. The number of nitrogens with zero attached hydrogens (tertiary/aromatic N) is 2. The van der Waals surface area contributed by atoms with Crippen LogP contribution in [0.25, 0.3) is 11.1 Å². The Morgan fingerprint density at radius 1 is 1.11 bits per heavy atom. The molecule has 0 bridgehead atoms. The fourth-order valence-electron chi connectivity index (χ4n) is 3.03. The van der Waals surface area contributed by atoms with Gasteiger partial charge in [0, 0.05) is 25.8 Å². The number of aromatic nitrogens is 1. The number of fused-ring (bicyclic) bond motifs is 1. The average Bonchev–Trinajstić information content (AvgIpc) is 2.92. The van der Waals surface area contributed by atoms with Crippen molar-refractivity contribution < 1.29 is 12.8 Å². The van der Waals surface area contributed by atoms with Gasteiger partial charge in [0.1, 0.15) is 0 Å². The van der Waals surface area contributed by atoms with Crippen molar-refractivity contribution in [2.24, 2.45) is 7.05 Å². The number of benzene rings is 2. The molecule has 1 heterocycles. The molecule has 0 aliphatic rings. The first-order valence-corrected chi connectivity index (χ1v) is 10.2. The summed E-state index contributed by atoms with van der Waals surface area (Å²) in [5, 5.41) is 0. The van der Waals surface area contributed by atoms with Crippen LogP contribution in [0.1, 0.15) is 19.4 Å². The Kier molecular flexibility index (Phi) is 5.01. The molecule has 0 atom stereocenters. The molecule has 0 saturated heterocycles. The molecule has 0 aliphatic heterocycles. The van der Waals surface area contributed by atoms with Crippen LogP contribution in [-0.2, 0) is 17.1 Å². The lowest BCUT2D eigenvalue weighted by Gasteiger charge is -2.22. The smallest absolute Gasteiger partial charge is 0.408 e. The number of hydrogen-bond acceptors (Lipinski definition) is 5. The zero-order valence-electron chi connectivity index (χ0n) is 15.8. The average molecular weight is 389 g/mol. The molecular weight excluding hydrogens is 366 g/mol. The van der Waals surface area contributed by atoms with Crippen LogP contribution in [0.15, 0.2) is 50.5 Å². The maximum atomic E-state index is 12.8. The van der Waals surface area contributed by atoms with Gasteiger partial charge in [0.25, 0.3) is 10.0 Å². The quantitative estimate of drug-likeness (QED) is 0.700. The Morgan fingerprint density at radius 3 is 2.44 bits per heavy atom. The molecule has 0 amide bonds. The zero-order chi connectivity index (χ0) is 19.8. The predicted octanol–water partition coefficient (Wildman–Crippen LogP) is 3.09. The molecule has 0 spiro atoms. The summed E-state index contributed by atoms with van der Waals surface area (Å²) in [4.78, 5) is 13.9. The van der Waals surface area contributed by atoms with Crippen LogP contribution in [0, 0.1) is 6.92 Å². The topological polar surface area (TPSA) is 84.6 Å². The number of rotatable bonds is 6. The van der Waals surface area contributed by atoms with E-state index in [0.717, 1.165) is 24.3 Å². The van der Waals surface area contributed by atoms with E-state index in [1.807, 2.05) is 19.1 Å². The molecule has 3 rings (SSSR count). The van der Waals surface area contributed by atoms with E-state index in [1.54, 1.807) is 6.07 Å². The van der Waals surface area contributed by atoms with Gasteiger partial charge in [-0.1, -0.05) is 0 Å². The van der Waals surface area contributed by atoms with Crippen molar-refractivity contribution in [2.75, 3.05) is 22.7 Å². The van der Waals surface area contributed by atoms with E-state index in [2.05, 4.69) is 23.5 Å². The lowest BCUT2D eigenvalue weighted by atomic mass is 10.1. The van der Waals surface area contributed by atoms with E-state index in [4.69, 9.17) is 4.42 Å². The summed E-state index contributed by atoms with van der Waals surface area (Å²) >= 11 is 0. The second kappa shape index (κ2) is 7.11. The van der Waals surface area contributed by atoms with Crippen LogP contribution in [0.5, 0.6) is 0 Å². The third kappa shape index (κ3) is 3.57. The highest BCUT2D eigenvalue weighted by Gasteiger charge is 2.18. The monoisotopic (exact) mass is 389 g/mol. The van der Waals surface area contributed by atoms with Crippen molar-refractivity contribution in [3.05, 3.63) is 52.5 Å². The SMILES string of the molecule is CCN(CC)c1ccc(NS(=O)(=O)c2ccc3oc(=O)n(C)c3c2)c(C)c1. The molecule has 1 aromatic heterocycles. The first-order valence-electron chi connectivity index (χ1n) is 8.74. The van der Waals surface area contributed by atoms with Crippen LogP contribution in [0.2, 0.25) is 0 Å². The Morgan fingerprint density at radius 2 is 1.81 bits per heavy atom. The summed E-state index contributed by atoms with van der Waals surface area (Å²) in [5.74, 6) is -0.532. The minimum Gasteiger partial charge on any atom is -0.408 e. The van der Waals surface area contributed by atoms with Gasteiger partial charge in [0.05, 0.1) is 16.1 Å². The lowest BCUT2D eigenvalue weighted by molar-refractivity contribution is 0.528. The van der Waals surface area contributed by atoms with Gasteiger partial charge in [0.15, 0.2) is 5.58 Å². The van der Waals surface area contributed by atoms with E-state index in [-0.39, 0.29) is 4.90 Å². The summed E-state index contributed by atoms with van der Waals surface area (Å²) in [5.41, 5.74) is 3.18. The van der Waals surface area contributed by atoms with Crippen LogP contribution in [0.4, 0.5) is 11.4 Å². The normalized spacial score (nSPS) is 11.7. The number of sulfonamides is 1. The van der Waals surface area contributed by atoms with Crippen molar-refractivity contribution in [2.45, 2.75) is 25.7 Å². The molecule has 0 unspecified atom stereocenters. The molecule has 0 radical (unpaired) electrons. The second-order valence-corrected chi connectivity index (χ2v) is 8.02. The van der Waals surface area contributed by atoms with Gasteiger partial charge in [-0.05, 0) is 62.7 Å². The van der Waals surface area contributed by atoms with Gasteiger partial charge in [-0.3, -0.25) is 9.29 Å². The van der Waals surface area contributed by atoms with Gasteiger partial charge >= 0.3 is 5.76 Å². The van der Waals surface area contributed by atoms with Crippen molar-refractivity contribution in [1.82, 2.24) is 4.57 Å². The van der Waals surface area contributed by atoms with E-state index < -0.39 is 15.8 Å². The largest absolute Gasteiger partial charge is 0.419 e. The summed E-state index contributed by atoms with van der Waals surface area (Å²) < 4.78 is 34.6. The molecule has 144 valence electrons. The van der Waals surface area contributed by atoms with Gasteiger partial charge in [-0.25, -0.2) is 13.2 Å². The molecule has 2 aromatic carbocycles. The second-order valence-electron chi connectivity index (χ2n) is 6.33. The van der Waals surface area contributed by atoms with Crippen molar-refractivity contribution in [1.29, 1.82) is 0 Å². The molecule has 0 aliphatic carbocycles. The van der Waals surface area contributed by atoms with Crippen molar-refractivity contribution in [3.63, 3.8) is 0 Å². The maximum absolute atomic E-state index is 12.8. The summed E-state index contributed by atoms with van der Waals surface area (Å²) in [6, 6.07) is 9.98. The minimum absolute atomic E-state index is 0.0682. The first-order chi connectivity index (χ1) is 12.8. The number of anilines is 2. The van der Waals surface area contributed by atoms with E-state index in [0.29, 0.717) is 16.8 Å². The molecule has 8 heteroatoms. The Labute approximate surface area is 158 Å². The molecule has 3 aromatic rings. The Balaban J connectivity index is 1.95. The zero-order valence-corrected chi connectivity index (χ0v) is 16.6. The molecule has 7 nitrogen and oxygen atoms in total. The lowest BCUT2D eigenvalue weighted by Crippen LogP contribution is -2.22. The fraction of sp³-hybridized carbons (Fsp3) is 0.316. The standard InChI is InChI=1S/C19H23N3O4S/c1-5-22(6-2)14-7-9-16(13(3)11-14)20-27(24,25)15-8-10-18-17(12-15)21(4)19(23)26-18/h7-12,20H,5-6H2,1-4H3. The third-order valence-corrected chi connectivity index (χ3v) is 6.02. The Bertz CT molecular complexity index is 1140. The fourth-order valence-corrected chi connectivity index (χ4v) is 4.18. The highest BCUT2D eigenvalue weighted by molar-refractivity contribution is 7.92. The van der Waals surface area contributed by atoms with Crippen LogP contribution in [-0.4, -0.2) is 26.1 Å². The van der Waals surface area contributed by atoms with Crippen molar-refractivity contribution >= 4 is 32.5 Å². The predicted molar refractivity (Wildman–Crippen MR) is 107 cm³/mol. The van der Waals surface area contributed by atoms with Crippen LogP contribution < -0.4 is 15.4 Å². The molecule has 0 saturated carbocycles. The van der Waals surface area contributed by atoms with Gasteiger partial charge in [-0.2, -0.15) is 0 Å². The first kappa shape index (κ1) is 19.0. The van der Waals surface area contributed by atoms with E-state index in [1.165, 1.54) is 29.8 Å². The summed E-state index contributed by atoms with van der Waals surface area (Å²) in [7, 11) is -2.26. The maximum Gasteiger partial charge on any atom is 0.419 e. The van der Waals surface area contributed by atoms with E-state index >= 15 is 0 Å². The molecular formula is C19H23N3O4S.